The Hall–Kier alpha value is -1.94. The maximum Gasteiger partial charge on any atom is 0.321 e. The van der Waals surface area contributed by atoms with Crippen molar-refractivity contribution in [2.24, 2.45) is 0 Å². The van der Waals surface area contributed by atoms with Crippen LogP contribution in [0.3, 0.4) is 0 Å². The van der Waals surface area contributed by atoms with Crippen LogP contribution in [-0.4, -0.2) is 18.2 Å². The van der Waals surface area contributed by atoms with Crippen LogP contribution in [0.4, 0.5) is 0 Å². The van der Waals surface area contributed by atoms with Gasteiger partial charge in [-0.1, -0.05) is 31.6 Å². The smallest absolute Gasteiger partial charge is 0.321 e. The van der Waals surface area contributed by atoms with Crippen LogP contribution in [0.15, 0.2) is 0 Å². The number of carbonyl (C=O) groups excluding carboxylic acids is 2. The molecule has 0 aliphatic rings. The summed E-state index contributed by atoms with van der Waals surface area (Å²) in [6.07, 6.45) is 12.1. The first-order valence-electron chi connectivity index (χ1n) is 5.89. The van der Waals surface area contributed by atoms with Gasteiger partial charge in [0.1, 0.15) is 12.8 Å². The molecule has 0 aromatic rings. The molecule has 0 aromatic carbocycles. The van der Waals surface area contributed by atoms with Crippen molar-refractivity contribution >= 4 is 11.9 Å². The van der Waals surface area contributed by atoms with E-state index in [2.05, 4.69) is 11.8 Å². The number of terminal acetylenes is 2. The molecule has 0 atom stereocenters. The summed E-state index contributed by atoms with van der Waals surface area (Å²) < 4.78 is 9.92. The van der Waals surface area contributed by atoms with Crippen molar-refractivity contribution in [2.75, 3.05) is 0 Å². The fraction of sp³-hybridized carbons (Fsp3) is 0.571. The molecular formula is C14H18O4. The maximum absolute atomic E-state index is 11.2. The first-order chi connectivity index (χ1) is 8.63. The molecule has 0 heterocycles. The molecule has 0 aliphatic heterocycles. The zero-order valence-electron chi connectivity index (χ0n) is 10.6. The standard InChI is InChI=1S/C14H18O4/c1-4-7-8-11-14(17-12(15)9-5-2)18-13(16)10-6-3/h2-3,14H,4,7-11H2,1H3. The zero-order chi connectivity index (χ0) is 13.8. The van der Waals surface area contributed by atoms with Crippen LogP contribution in [0.2, 0.25) is 0 Å². The number of carbonyl (C=O) groups is 2. The van der Waals surface area contributed by atoms with Gasteiger partial charge in [0, 0.05) is 6.42 Å². The molecule has 0 amide bonds. The number of hydrogen-bond donors (Lipinski definition) is 0. The molecule has 0 spiro atoms. The van der Waals surface area contributed by atoms with Crippen molar-refractivity contribution in [1.29, 1.82) is 0 Å². The van der Waals surface area contributed by atoms with Crippen LogP contribution in [0.25, 0.3) is 0 Å². The second kappa shape index (κ2) is 10.2. The zero-order valence-corrected chi connectivity index (χ0v) is 10.6. The number of unbranched alkanes of at least 4 members (excludes halogenated alkanes) is 2. The Kier molecular flexibility index (Phi) is 9.13. The predicted octanol–water partition coefficient (Wildman–Crippen LogP) is 2.03. The third kappa shape index (κ3) is 8.24. The van der Waals surface area contributed by atoms with E-state index in [1.165, 1.54) is 0 Å². The van der Waals surface area contributed by atoms with Crippen LogP contribution >= 0.6 is 0 Å². The van der Waals surface area contributed by atoms with Gasteiger partial charge in [0.2, 0.25) is 6.29 Å². The summed E-state index contributed by atoms with van der Waals surface area (Å²) in [7, 11) is 0. The van der Waals surface area contributed by atoms with Crippen molar-refractivity contribution in [3.05, 3.63) is 0 Å². The molecule has 0 aromatic heterocycles. The average Bonchev–Trinajstić information content (AvgIpc) is 2.29. The van der Waals surface area contributed by atoms with Gasteiger partial charge in [-0.2, -0.15) is 0 Å². The molecular weight excluding hydrogens is 232 g/mol. The molecule has 0 aliphatic carbocycles. The predicted molar refractivity (Wildman–Crippen MR) is 67.0 cm³/mol. The Morgan fingerprint density at radius 3 is 1.94 bits per heavy atom. The molecule has 0 bridgehead atoms. The lowest BCUT2D eigenvalue weighted by Gasteiger charge is -2.17. The largest absolute Gasteiger partial charge is 0.424 e. The van der Waals surface area contributed by atoms with Crippen LogP contribution in [0.5, 0.6) is 0 Å². The number of ether oxygens (including phenoxy) is 2. The van der Waals surface area contributed by atoms with Gasteiger partial charge in [0.25, 0.3) is 0 Å². The van der Waals surface area contributed by atoms with Gasteiger partial charge >= 0.3 is 11.9 Å². The minimum absolute atomic E-state index is 0.142. The first-order valence-corrected chi connectivity index (χ1v) is 5.89. The van der Waals surface area contributed by atoms with E-state index < -0.39 is 18.2 Å². The molecule has 4 heteroatoms. The minimum atomic E-state index is -0.891. The highest BCUT2D eigenvalue weighted by atomic mass is 16.7. The summed E-state index contributed by atoms with van der Waals surface area (Å²) in [5.74, 6) is 3.19. The van der Waals surface area contributed by atoms with E-state index in [0.29, 0.717) is 6.42 Å². The summed E-state index contributed by atoms with van der Waals surface area (Å²) in [4.78, 5) is 22.5. The summed E-state index contributed by atoms with van der Waals surface area (Å²) in [6, 6.07) is 0. The van der Waals surface area contributed by atoms with Crippen molar-refractivity contribution in [2.45, 2.75) is 51.7 Å². The maximum atomic E-state index is 11.2. The Morgan fingerprint density at radius 2 is 1.56 bits per heavy atom. The topological polar surface area (TPSA) is 52.6 Å². The monoisotopic (exact) mass is 250 g/mol. The summed E-state index contributed by atoms with van der Waals surface area (Å²) in [5, 5.41) is 0. The molecule has 0 saturated heterocycles. The lowest BCUT2D eigenvalue weighted by atomic mass is 10.2. The molecule has 0 unspecified atom stereocenters. The average molecular weight is 250 g/mol. The highest BCUT2D eigenvalue weighted by molar-refractivity contribution is 5.74. The fourth-order valence-electron chi connectivity index (χ4n) is 1.25. The summed E-state index contributed by atoms with van der Waals surface area (Å²) in [6.45, 7) is 2.05. The van der Waals surface area contributed by atoms with E-state index in [-0.39, 0.29) is 12.8 Å². The van der Waals surface area contributed by atoms with Crippen LogP contribution in [0, 0.1) is 24.7 Å². The van der Waals surface area contributed by atoms with Gasteiger partial charge in [0.05, 0.1) is 0 Å². The van der Waals surface area contributed by atoms with Crippen molar-refractivity contribution < 1.29 is 19.1 Å². The molecule has 0 radical (unpaired) electrons. The van der Waals surface area contributed by atoms with E-state index in [9.17, 15) is 9.59 Å². The van der Waals surface area contributed by atoms with Crippen molar-refractivity contribution in [1.82, 2.24) is 0 Å². The van der Waals surface area contributed by atoms with E-state index in [1.807, 2.05) is 6.92 Å². The number of rotatable bonds is 8. The van der Waals surface area contributed by atoms with E-state index in [4.69, 9.17) is 22.3 Å². The first kappa shape index (κ1) is 16.1. The van der Waals surface area contributed by atoms with Gasteiger partial charge in [-0.05, 0) is 6.42 Å². The molecule has 0 N–H and O–H groups in total. The van der Waals surface area contributed by atoms with Gasteiger partial charge in [-0.25, -0.2) is 0 Å². The van der Waals surface area contributed by atoms with E-state index in [1.54, 1.807) is 0 Å². The Morgan fingerprint density at radius 1 is 1.06 bits per heavy atom. The highest BCUT2D eigenvalue weighted by Crippen LogP contribution is 2.10. The van der Waals surface area contributed by atoms with Crippen LogP contribution in [-0.2, 0) is 19.1 Å². The van der Waals surface area contributed by atoms with Gasteiger partial charge in [0.15, 0.2) is 0 Å². The molecule has 98 valence electrons. The second-order valence-corrected chi connectivity index (χ2v) is 3.67. The Bertz CT molecular complexity index is 316. The van der Waals surface area contributed by atoms with Crippen LogP contribution in [0.1, 0.15) is 45.4 Å². The highest BCUT2D eigenvalue weighted by Gasteiger charge is 2.17. The van der Waals surface area contributed by atoms with E-state index >= 15 is 0 Å². The molecule has 4 nitrogen and oxygen atoms in total. The van der Waals surface area contributed by atoms with Crippen molar-refractivity contribution in [3.8, 4) is 24.7 Å². The van der Waals surface area contributed by atoms with Gasteiger partial charge < -0.3 is 9.47 Å². The lowest BCUT2D eigenvalue weighted by Crippen LogP contribution is -2.24. The van der Waals surface area contributed by atoms with Crippen LogP contribution < -0.4 is 0 Å². The molecule has 18 heavy (non-hydrogen) atoms. The minimum Gasteiger partial charge on any atom is -0.424 e. The normalized spacial score (nSPS) is 9.33. The number of hydrogen-bond acceptors (Lipinski definition) is 4. The quantitative estimate of drug-likeness (QED) is 0.286. The molecule has 0 fully saturated rings. The molecule has 0 rings (SSSR count). The third-order valence-electron chi connectivity index (χ3n) is 2.06. The van der Waals surface area contributed by atoms with E-state index in [0.717, 1.165) is 19.3 Å². The van der Waals surface area contributed by atoms with Gasteiger partial charge in [-0.15, -0.1) is 12.8 Å². The van der Waals surface area contributed by atoms with Crippen molar-refractivity contribution in [3.63, 3.8) is 0 Å². The summed E-state index contributed by atoms with van der Waals surface area (Å²) in [5.41, 5.74) is 0. The fourth-order valence-corrected chi connectivity index (χ4v) is 1.25. The third-order valence-corrected chi connectivity index (χ3v) is 2.06. The Balaban J connectivity index is 4.24. The Labute approximate surface area is 108 Å². The summed E-state index contributed by atoms with van der Waals surface area (Å²) >= 11 is 0. The SMILES string of the molecule is C#CCC(=O)OC(CCCCC)OC(=O)CC#C. The lowest BCUT2D eigenvalue weighted by molar-refractivity contribution is -0.187. The number of esters is 2. The molecule has 0 saturated carbocycles. The van der Waals surface area contributed by atoms with Gasteiger partial charge in [-0.3, -0.25) is 9.59 Å². The second-order valence-electron chi connectivity index (χ2n) is 3.67.